The largest absolute Gasteiger partial charge is 0.269 e. The summed E-state index contributed by atoms with van der Waals surface area (Å²) in [6.07, 6.45) is 2.00. The van der Waals surface area contributed by atoms with Crippen LogP contribution in [0, 0.1) is 5.82 Å². The average molecular weight is 137 g/mol. The summed E-state index contributed by atoms with van der Waals surface area (Å²) in [5, 5.41) is 0. The predicted octanol–water partition coefficient (Wildman–Crippen LogP) is 0.0415. The molecule has 0 aliphatic heterocycles. The number of aryl methyl sites for hydroxylation is 1. The molecule has 0 spiro atoms. The van der Waals surface area contributed by atoms with Crippen molar-refractivity contribution in [2.75, 3.05) is 0 Å². The van der Waals surface area contributed by atoms with E-state index in [0.29, 0.717) is 0 Å². The topological polar surface area (TPSA) is 12.9 Å². The van der Waals surface area contributed by atoms with E-state index in [9.17, 15) is 4.39 Å². The molecule has 1 nitrogen and oxygen atoms in total. The van der Waals surface area contributed by atoms with Crippen molar-refractivity contribution in [3.8, 4) is 0 Å². The zero-order valence-electron chi connectivity index (χ0n) is 6.19. The van der Waals surface area contributed by atoms with Crippen molar-refractivity contribution < 1.29 is 4.39 Å². The van der Waals surface area contributed by atoms with Gasteiger partial charge in [0.25, 0.3) is 0 Å². The van der Waals surface area contributed by atoms with Crippen LogP contribution in [0.3, 0.4) is 0 Å². The second-order valence-corrected chi connectivity index (χ2v) is 2.27. The van der Waals surface area contributed by atoms with E-state index in [1.165, 1.54) is 6.20 Å². The van der Waals surface area contributed by atoms with Gasteiger partial charge in [0.1, 0.15) is 5.82 Å². The molecule has 1 aromatic rings. The quantitative estimate of drug-likeness (QED) is 0.498. The van der Waals surface area contributed by atoms with Gasteiger partial charge >= 0.3 is 0 Å². The molecule has 10 heavy (non-hydrogen) atoms. The van der Waals surface area contributed by atoms with E-state index in [1.54, 1.807) is 6.07 Å². The standard InChI is InChI=1S/C7H9BFN/c1-2-5-3-7(8)10-4-6(5)9/h3-4H,2,8H2,1H3. The predicted molar refractivity (Wildman–Crippen MR) is 41.8 cm³/mol. The molecular weight excluding hydrogens is 128 g/mol. The highest BCUT2D eigenvalue weighted by Crippen LogP contribution is 2.02. The molecular formula is C7H9BFN. The molecule has 52 valence electrons. The molecule has 3 heteroatoms. The molecule has 0 saturated carbocycles. The Balaban J connectivity index is 3.09. The fraction of sp³-hybridized carbons (Fsp3) is 0.286. The first kappa shape index (κ1) is 7.25. The molecule has 0 N–H and O–H groups in total. The first-order valence-corrected chi connectivity index (χ1v) is 3.35. The Morgan fingerprint density at radius 1 is 1.70 bits per heavy atom. The van der Waals surface area contributed by atoms with Crippen LogP contribution in [0.15, 0.2) is 12.3 Å². The van der Waals surface area contributed by atoms with Gasteiger partial charge in [0, 0.05) is 0 Å². The van der Waals surface area contributed by atoms with E-state index in [2.05, 4.69) is 4.98 Å². The number of nitrogens with zero attached hydrogens (tertiary/aromatic N) is 1. The fourth-order valence-corrected chi connectivity index (χ4v) is 0.871. The Bertz CT molecular complexity index is 237. The van der Waals surface area contributed by atoms with Crippen LogP contribution in [0.5, 0.6) is 0 Å². The minimum Gasteiger partial charge on any atom is -0.269 e. The van der Waals surface area contributed by atoms with Crippen molar-refractivity contribution in [1.82, 2.24) is 4.98 Å². The molecule has 0 aliphatic rings. The van der Waals surface area contributed by atoms with Crippen molar-refractivity contribution in [2.45, 2.75) is 13.3 Å². The van der Waals surface area contributed by atoms with E-state index < -0.39 is 0 Å². The van der Waals surface area contributed by atoms with Crippen LogP contribution in [0.2, 0.25) is 0 Å². The van der Waals surface area contributed by atoms with Gasteiger partial charge in [0.05, 0.1) is 6.20 Å². The Morgan fingerprint density at radius 3 is 2.90 bits per heavy atom. The summed E-state index contributed by atoms with van der Waals surface area (Å²) in [5.74, 6) is -0.201. The van der Waals surface area contributed by atoms with Gasteiger partial charge in [0.15, 0.2) is 7.85 Å². The lowest BCUT2D eigenvalue weighted by Crippen LogP contribution is -2.09. The monoisotopic (exact) mass is 137 g/mol. The van der Waals surface area contributed by atoms with Crippen molar-refractivity contribution in [2.24, 2.45) is 0 Å². The van der Waals surface area contributed by atoms with Crippen molar-refractivity contribution in [3.05, 3.63) is 23.6 Å². The zero-order chi connectivity index (χ0) is 7.56. The lowest BCUT2D eigenvalue weighted by molar-refractivity contribution is 0.607. The van der Waals surface area contributed by atoms with Crippen LogP contribution in [-0.2, 0) is 6.42 Å². The van der Waals surface area contributed by atoms with Crippen molar-refractivity contribution in [3.63, 3.8) is 0 Å². The minimum absolute atomic E-state index is 0.201. The zero-order valence-corrected chi connectivity index (χ0v) is 6.19. The first-order chi connectivity index (χ1) is 4.74. The summed E-state index contributed by atoms with van der Waals surface area (Å²) in [7, 11) is 1.86. The van der Waals surface area contributed by atoms with Gasteiger partial charge in [-0.05, 0) is 23.6 Å². The summed E-state index contributed by atoms with van der Waals surface area (Å²) < 4.78 is 12.7. The molecule has 0 atom stereocenters. The normalized spacial score (nSPS) is 9.80. The maximum atomic E-state index is 12.7. The van der Waals surface area contributed by atoms with Gasteiger partial charge in [-0.25, -0.2) is 4.39 Å². The molecule has 0 radical (unpaired) electrons. The number of hydrogen-bond donors (Lipinski definition) is 0. The van der Waals surface area contributed by atoms with Crippen LogP contribution in [-0.4, -0.2) is 12.8 Å². The molecule has 1 aromatic heterocycles. The second-order valence-electron chi connectivity index (χ2n) is 2.27. The number of aromatic nitrogens is 1. The Morgan fingerprint density at radius 2 is 2.40 bits per heavy atom. The Labute approximate surface area is 60.7 Å². The highest BCUT2D eigenvalue weighted by molar-refractivity contribution is 6.30. The third-order valence-electron chi connectivity index (χ3n) is 1.45. The van der Waals surface area contributed by atoms with E-state index in [4.69, 9.17) is 0 Å². The second kappa shape index (κ2) is 2.82. The van der Waals surface area contributed by atoms with Crippen LogP contribution in [0.25, 0.3) is 0 Å². The van der Waals surface area contributed by atoms with Gasteiger partial charge in [0.2, 0.25) is 0 Å². The van der Waals surface area contributed by atoms with Gasteiger partial charge in [-0.1, -0.05) is 6.92 Å². The highest BCUT2D eigenvalue weighted by Gasteiger charge is 1.98. The third-order valence-corrected chi connectivity index (χ3v) is 1.45. The summed E-state index contributed by atoms with van der Waals surface area (Å²) >= 11 is 0. The minimum atomic E-state index is -0.201. The van der Waals surface area contributed by atoms with Crippen molar-refractivity contribution in [1.29, 1.82) is 0 Å². The molecule has 1 rings (SSSR count). The van der Waals surface area contributed by atoms with Crippen LogP contribution in [0.4, 0.5) is 4.39 Å². The molecule has 0 aromatic carbocycles. The van der Waals surface area contributed by atoms with Gasteiger partial charge in [-0.2, -0.15) is 0 Å². The summed E-state index contributed by atoms with van der Waals surface area (Å²) in [6, 6.07) is 1.77. The van der Waals surface area contributed by atoms with Crippen LogP contribution < -0.4 is 5.59 Å². The third kappa shape index (κ3) is 1.35. The maximum absolute atomic E-state index is 12.7. The van der Waals surface area contributed by atoms with Crippen LogP contribution >= 0.6 is 0 Å². The summed E-state index contributed by atoms with van der Waals surface area (Å²) in [5.41, 5.74) is 1.62. The molecule has 0 unspecified atom stereocenters. The number of rotatable bonds is 1. The van der Waals surface area contributed by atoms with E-state index in [-0.39, 0.29) is 5.82 Å². The highest BCUT2D eigenvalue weighted by atomic mass is 19.1. The molecule has 0 fully saturated rings. The number of halogens is 1. The van der Waals surface area contributed by atoms with E-state index in [1.807, 2.05) is 14.8 Å². The first-order valence-electron chi connectivity index (χ1n) is 3.35. The molecule has 0 saturated heterocycles. The summed E-state index contributed by atoms with van der Waals surface area (Å²) in [4.78, 5) is 3.81. The lowest BCUT2D eigenvalue weighted by Gasteiger charge is -1.98. The van der Waals surface area contributed by atoms with Crippen molar-refractivity contribution >= 4 is 13.4 Å². The molecule has 0 aliphatic carbocycles. The SMILES string of the molecule is Bc1cc(CC)c(F)cn1. The molecule has 1 heterocycles. The Kier molecular flexibility index (Phi) is 2.04. The fourth-order valence-electron chi connectivity index (χ4n) is 0.871. The maximum Gasteiger partial charge on any atom is 0.163 e. The van der Waals surface area contributed by atoms with E-state index in [0.717, 1.165) is 17.6 Å². The smallest absolute Gasteiger partial charge is 0.163 e. The van der Waals surface area contributed by atoms with Gasteiger partial charge in [-0.15, -0.1) is 0 Å². The molecule has 0 amide bonds. The molecule has 0 bridgehead atoms. The summed E-state index contributed by atoms with van der Waals surface area (Å²) in [6.45, 7) is 1.93. The van der Waals surface area contributed by atoms with E-state index >= 15 is 0 Å². The number of hydrogen-bond acceptors (Lipinski definition) is 1. The average Bonchev–Trinajstić information content (AvgIpc) is 1.94. The Hall–Kier alpha value is -0.855. The lowest BCUT2D eigenvalue weighted by atomic mass is 10.0. The van der Waals surface area contributed by atoms with Gasteiger partial charge < -0.3 is 0 Å². The van der Waals surface area contributed by atoms with Gasteiger partial charge in [-0.3, -0.25) is 4.98 Å². The number of pyridine rings is 1. The van der Waals surface area contributed by atoms with Crippen LogP contribution in [0.1, 0.15) is 12.5 Å².